The zero-order chi connectivity index (χ0) is 18.1. The number of nitrogens with two attached hydrogens (primary N) is 1. The Hall–Kier alpha value is -3.25. The summed E-state index contributed by atoms with van der Waals surface area (Å²) in [6.07, 6.45) is 2.54. The van der Waals surface area contributed by atoms with Crippen LogP contribution in [-0.2, 0) is 6.42 Å². The van der Waals surface area contributed by atoms with E-state index in [1.807, 2.05) is 30.3 Å². The summed E-state index contributed by atoms with van der Waals surface area (Å²) in [7, 11) is 0. The standard InChI is InChI=1S/C20H18N4O2/c21-11-19(25)13-3-1-12(2-4-13)17-9-14(5-7-22-17)18-10-15-16(24-18)6-8-23-20(15)26/h1-5,7,9-10,24H,6,8,11,21H2,(H,23,26). The highest BCUT2D eigenvalue weighted by Gasteiger charge is 2.20. The average molecular weight is 346 g/mol. The van der Waals surface area contributed by atoms with Crippen molar-refractivity contribution in [3.63, 3.8) is 0 Å². The van der Waals surface area contributed by atoms with Crippen molar-refractivity contribution < 1.29 is 9.59 Å². The molecule has 1 aromatic carbocycles. The van der Waals surface area contributed by atoms with Gasteiger partial charge in [0, 0.05) is 47.2 Å². The van der Waals surface area contributed by atoms with E-state index in [9.17, 15) is 9.59 Å². The summed E-state index contributed by atoms with van der Waals surface area (Å²) in [5.41, 5.74) is 11.2. The Kier molecular flexibility index (Phi) is 4.10. The first-order valence-electron chi connectivity index (χ1n) is 8.46. The first-order valence-corrected chi connectivity index (χ1v) is 8.46. The highest BCUT2D eigenvalue weighted by atomic mass is 16.1. The average Bonchev–Trinajstić information content (AvgIpc) is 3.13. The quantitative estimate of drug-likeness (QED) is 0.630. The van der Waals surface area contributed by atoms with Crippen molar-refractivity contribution >= 4 is 11.7 Å². The summed E-state index contributed by atoms with van der Waals surface area (Å²) < 4.78 is 0. The molecule has 0 bridgehead atoms. The van der Waals surface area contributed by atoms with Crippen molar-refractivity contribution in [2.24, 2.45) is 5.73 Å². The van der Waals surface area contributed by atoms with Gasteiger partial charge in [-0.3, -0.25) is 14.6 Å². The summed E-state index contributed by atoms with van der Waals surface area (Å²) in [5, 5.41) is 2.85. The fourth-order valence-corrected chi connectivity index (χ4v) is 3.15. The van der Waals surface area contributed by atoms with Gasteiger partial charge in [0.25, 0.3) is 5.91 Å². The van der Waals surface area contributed by atoms with E-state index in [1.54, 1.807) is 18.3 Å². The van der Waals surface area contributed by atoms with Crippen LogP contribution in [0.25, 0.3) is 22.5 Å². The second-order valence-electron chi connectivity index (χ2n) is 6.22. The number of fused-ring (bicyclic) bond motifs is 1. The van der Waals surface area contributed by atoms with Gasteiger partial charge in [0.2, 0.25) is 0 Å². The Morgan fingerprint density at radius 3 is 2.65 bits per heavy atom. The third-order valence-electron chi connectivity index (χ3n) is 4.56. The highest BCUT2D eigenvalue weighted by molar-refractivity contribution is 5.98. The lowest BCUT2D eigenvalue weighted by atomic mass is 10.0. The molecule has 26 heavy (non-hydrogen) atoms. The second-order valence-corrected chi connectivity index (χ2v) is 6.22. The Bertz CT molecular complexity index is 989. The molecule has 0 spiro atoms. The fraction of sp³-hybridized carbons (Fsp3) is 0.150. The van der Waals surface area contributed by atoms with Crippen LogP contribution in [0, 0.1) is 0 Å². The summed E-state index contributed by atoms with van der Waals surface area (Å²) in [6.45, 7) is 0.652. The number of pyridine rings is 1. The molecule has 0 atom stereocenters. The van der Waals surface area contributed by atoms with E-state index in [0.29, 0.717) is 17.7 Å². The summed E-state index contributed by atoms with van der Waals surface area (Å²) in [4.78, 5) is 31.4. The third kappa shape index (κ3) is 2.91. The van der Waals surface area contributed by atoms with Gasteiger partial charge in [0.1, 0.15) is 0 Å². The number of aromatic amines is 1. The number of amides is 1. The molecular formula is C20H18N4O2. The zero-order valence-electron chi connectivity index (χ0n) is 14.1. The maximum atomic E-state index is 12.0. The van der Waals surface area contributed by atoms with Gasteiger partial charge in [-0.05, 0) is 18.2 Å². The Morgan fingerprint density at radius 1 is 1.12 bits per heavy atom. The molecule has 1 aliphatic rings. The highest BCUT2D eigenvalue weighted by Crippen LogP contribution is 2.27. The van der Waals surface area contributed by atoms with Crippen LogP contribution in [-0.4, -0.2) is 34.7 Å². The molecule has 0 saturated carbocycles. The summed E-state index contributed by atoms with van der Waals surface area (Å²) >= 11 is 0. The number of H-pyrrole nitrogens is 1. The molecule has 130 valence electrons. The lowest BCUT2D eigenvalue weighted by Gasteiger charge is -2.10. The van der Waals surface area contributed by atoms with Gasteiger partial charge in [0.15, 0.2) is 5.78 Å². The van der Waals surface area contributed by atoms with E-state index in [2.05, 4.69) is 15.3 Å². The van der Waals surface area contributed by atoms with Crippen molar-refractivity contribution in [3.8, 4) is 22.5 Å². The smallest absolute Gasteiger partial charge is 0.253 e. The maximum absolute atomic E-state index is 12.0. The van der Waals surface area contributed by atoms with Crippen LogP contribution in [0.2, 0.25) is 0 Å². The van der Waals surface area contributed by atoms with Gasteiger partial charge in [-0.15, -0.1) is 0 Å². The molecule has 1 aliphatic heterocycles. The van der Waals surface area contributed by atoms with Crippen molar-refractivity contribution in [1.29, 1.82) is 0 Å². The lowest BCUT2D eigenvalue weighted by Crippen LogP contribution is -2.31. The minimum Gasteiger partial charge on any atom is -0.358 e. The second kappa shape index (κ2) is 6.57. The fourth-order valence-electron chi connectivity index (χ4n) is 3.15. The summed E-state index contributed by atoms with van der Waals surface area (Å²) in [5.74, 6) is -0.128. The molecule has 6 nitrogen and oxygen atoms in total. The number of ketones is 1. The van der Waals surface area contributed by atoms with E-state index in [0.717, 1.165) is 34.6 Å². The number of hydrogen-bond donors (Lipinski definition) is 3. The molecule has 1 amide bonds. The van der Waals surface area contributed by atoms with Gasteiger partial charge in [0.05, 0.1) is 17.8 Å². The van der Waals surface area contributed by atoms with Crippen LogP contribution in [0.15, 0.2) is 48.7 Å². The number of aromatic nitrogens is 2. The molecular weight excluding hydrogens is 328 g/mol. The van der Waals surface area contributed by atoms with E-state index >= 15 is 0 Å². The number of nitrogens with one attached hydrogen (secondary N) is 2. The SMILES string of the molecule is NCC(=O)c1ccc(-c2cc(-c3cc4c([nH]3)CCNC4=O)ccn2)cc1. The van der Waals surface area contributed by atoms with Gasteiger partial charge >= 0.3 is 0 Å². The first kappa shape index (κ1) is 16.2. The van der Waals surface area contributed by atoms with Gasteiger partial charge in [-0.2, -0.15) is 0 Å². The third-order valence-corrected chi connectivity index (χ3v) is 4.56. The molecule has 0 aliphatic carbocycles. The molecule has 3 heterocycles. The first-order chi connectivity index (χ1) is 12.7. The summed E-state index contributed by atoms with van der Waals surface area (Å²) in [6, 6.07) is 13.0. The van der Waals surface area contributed by atoms with E-state index in [4.69, 9.17) is 5.73 Å². The Morgan fingerprint density at radius 2 is 1.92 bits per heavy atom. The molecule has 0 saturated heterocycles. The number of carbonyl (C=O) groups is 2. The lowest BCUT2D eigenvalue weighted by molar-refractivity contribution is 0.0945. The minimum absolute atomic E-state index is 0.00184. The van der Waals surface area contributed by atoms with Gasteiger partial charge in [-0.1, -0.05) is 24.3 Å². The Balaban J connectivity index is 1.67. The zero-order valence-corrected chi connectivity index (χ0v) is 14.1. The van der Waals surface area contributed by atoms with Gasteiger partial charge in [-0.25, -0.2) is 0 Å². The molecule has 0 radical (unpaired) electrons. The molecule has 0 unspecified atom stereocenters. The van der Waals surface area contributed by atoms with Crippen LogP contribution >= 0.6 is 0 Å². The van der Waals surface area contributed by atoms with Crippen molar-refractivity contribution in [3.05, 3.63) is 65.5 Å². The van der Waals surface area contributed by atoms with E-state index in [-0.39, 0.29) is 18.2 Å². The largest absolute Gasteiger partial charge is 0.358 e. The van der Waals surface area contributed by atoms with Crippen LogP contribution in [0.4, 0.5) is 0 Å². The predicted molar refractivity (Wildman–Crippen MR) is 98.9 cm³/mol. The van der Waals surface area contributed by atoms with Crippen LogP contribution in [0.1, 0.15) is 26.4 Å². The molecule has 3 aromatic rings. The number of benzene rings is 1. The maximum Gasteiger partial charge on any atom is 0.253 e. The molecule has 4 rings (SSSR count). The number of hydrogen-bond acceptors (Lipinski definition) is 4. The van der Waals surface area contributed by atoms with E-state index < -0.39 is 0 Å². The molecule has 2 aromatic heterocycles. The molecule has 6 heteroatoms. The molecule has 4 N–H and O–H groups in total. The van der Waals surface area contributed by atoms with Crippen molar-refractivity contribution in [1.82, 2.24) is 15.3 Å². The van der Waals surface area contributed by atoms with E-state index in [1.165, 1.54) is 0 Å². The monoisotopic (exact) mass is 346 g/mol. The Labute approximate surface area is 150 Å². The molecule has 0 fully saturated rings. The predicted octanol–water partition coefficient (Wildman–Crippen LogP) is 2.17. The normalized spacial score (nSPS) is 13.2. The van der Waals surface area contributed by atoms with Crippen LogP contribution in [0.5, 0.6) is 0 Å². The van der Waals surface area contributed by atoms with Crippen molar-refractivity contribution in [2.75, 3.05) is 13.1 Å². The van der Waals surface area contributed by atoms with Crippen LogP contribution < -0.4 is 11.1 Å². The number of nitrogens with zero attached hydrogens (tertiary/aromatic N) is 1. The number of rotatable bonds is 4. The number of carbonyl (C=O) groups excluding carboxylic acids is 2. The number of Topliss-reactive ketones (excluding diaryl/α,β-unsaturated/α-hetero) is 1. The topological polar surface area (TPSA) is 101 Å². The van der Waals surface area contributed by atoms with Crippen LogP contribution in [0.3, 0.4) is 0 Å². The minimum atomic E-state index is -0.0893. The van der Waals surface area contributed by atoms with Gasteiger partial charge < -0.3 is 16.0 Å². The van der Waals surface area contributed by atoms with Crippen molar-refractivity contribution in [2.45, 2.75) is 6.42 Å².